The maximum Gasteiger partial charge on any atom is 0.406 e. The van der Waals surface area contributed by atoms with Crippen molar-refractivity contribution in [2.75, 3.05) is 18.4 Å². The highest BCUT2D eigenvalue weighted by Crippen LogP contribution is 2.18. The predicted molar refractivity (Wildman–Crippen MR) is 62.8 cm³/mol. The molecule has 8 heteroatoms. The van der Waals surface area contributed by atoms with Crippen molar-refractivity contribution in [3.8, 4) is 0 Å². The van der Waals surface area contributed by atoms with E-state index >= 15 is 0 Å². The summed E-state index contributed by atoms with van der Waals surface area (Å²) in [6, 6.07) is 2.28. The molecule has 0 spiro atoms. The molecule has 1 N–H and O–H groups in total. The highest BCUT2D eigenvalue weighted by atomic mass is 79.9. The van der Waals surface area contributed by atoms with Crippen LogP contribution in [0.2, 0.25) is 0 Å². The Hall–Kier alpha value is -1.31. The van der Waals surface area contributed by atoms with Crippen molar-refractivity contribution in [1.29, 1.82) is 0 Å². The summed E-state index contributed by atoms with van der Waals surface area (Å²) in [5.74, 6) is -0.775. The Balaban J connectivity index is 2.88. The van der Waals surface area contributed by atoms with E-state index in [0.29, 0.717) is 4.90 Å². The Morgan fingerprint density at radius 3 is 2.50 bits per heavy atom. The second-order valence-corrected chi connectivity index (χ2v) is 4.27. The van der Waals surface area contributed by atoms with Crippen molar-refractivity contribution in [2.24, 2.45) is 0 Å². The molecule has 18 heavy (non-hydrogen) atoms. The van der Waals surface area contributed by atoms with Crippen LogP contribution in [-0.2, 0) is 0 Å². The van der Waals surface area contributed by atoms with Gasteiger partial charge in [-0.15, -0.1) is 0 Å². The zero-order valence-electron chi connectivity index (χ0n) is 9.13. The van der Waals surface area contributed by atoms with Crippen LogP contribution < -0.4 is 5.56 Å². The predicted octanol–water partition coefficient (Wildman–Crippen LogP) is 1.77. The number of aromatic nitrogens is 1. The lowest BCUT2D eigenvalue weighted by atomic mass is 10.2. The third-order valence-corrected chi connectivity index (χ3v) is 2.40. The molecule has 0 unspecified atom stereocenters. The number of pyridine rings is 1. The van der Waals surface area contributed by atoms with Crippen LogP contribution in [-0.4, -0.2) is 40.4 Å². The van der Waals surface area contributed by atoms with Crippen LogP contribution in [0, 0.1) is 0 Å². The van der Waals surface area contributed by atoms with Crippen molar-refractivity contribution in [2.45, 2.75) is 6.18 Å². The minimum Gasteiger partial charge on any atom is -0.329 e. The summed E-state index contributed by atoms with van der Waals surface area (Å²) in [5, 5.41) is 0.234. The fraction of sp³-hybridized carbons (Fsp3) is 0.400. The van der Waals surface area contributed by atoms with Crippen molar-refractivity contribution in [3.05, 3.63) is 34.2 Å². The molecule has 0 saturated heterocycles. The average Bonchev–Trinajstić information content (AvgIpc) is 2.27. The van der Waals surface area contributed by atoms with Crippen molar-refractivity contribution >= 4 is 21.8 Å². The van der Waals surface area contributed by atoms with Crippen LogP contribution in [0.3, 0.4) is 0 Å². The van der Waals surface area contributed by atoms with Gasteiger partial charge in [0.05, 0.1) is 5.56 Å². The third-order valence-electron chi connectivity index (χ3n) is 2.04. The molecule has 1 heterocycles. The largest absolute Gasteiger partial charge is 0.406 e. The first kappa shape index (κ1) is 14.7. The molecule has 0 aliphatic carbocycles. The zero-order valence-corrected chi connectivity index (χ0v) is 10.7. The lowest BCUT2D eigenvalue weighted by Crippen LogP contribution is -2.40. The first-order chi connectivity index (χ1) is 8.33. The second kappa shape index (κ2) is 6.03. The Morgan fingerprint density at radius 2 is 2.06 bits per heavy atom. The van der Waals surface area contributed by atoms with Crippen LogP contribution in [0.1, 0.15) is 10.4 Å². The van der Waals surface area contributed by atoms with E-state index in [4.69, 9.17) is 0 Å². The number of alkyl halides is 4. The summed E-state index contributed by atoms with van der Waals surface area (Å²) in [5.41, 5.74) is -0.408. The van der Waals surface area contributed by atoms with Crippen LogP contribution in [0.25, 0.3) is 0 Å². The van der Waals surface area contributed by atoms with Crippen molar-refractivity contribution < 1.29 is 18.0 Å². The molecule has 1 aromatic rings. The highest BCUT2D eigenvalue weighted by Gasteiger charge is 2.33. The highest BCUT2D eigenvalue weighted by molar-refractivity contribution is 9.09. The van der Waals surface area contributed by atoms with Gasteiger partial charge in [-0.05, 0) is 6.07 Å². The Morgan fingerprint density at radius 1 is 1.39 bits per heavy atom. The van der Waals surface area contributed by atoms with Gasteiger partial charge in [0, 0.05) is 24.1 Å². The fourth-order valence-corrected chi connectivity index (χ4v) is 1.73. The van der Waals surface area contributed by atoms with Gasteiger partial charge in [-0.1, -0.05) is 15.9 Å². The lowest BCUT2D eigenvalue weighted by Gasteiger charge is -2.23. The molecule has 1 rings (SSSR count). The van der Waals surface area contributed by atoms with E-state index in [1.807, 2.05) is 0 Å². The molecular weight excluding hydrogens is 317 g/mol. The molecule has 0 aliphatic heterocycles. The molecule has 0 aliphatic rings. The lowest BCUT2D eigenvalue weighted by molar-refractivity contribution is -0.140. The minimum atomic E-state index is -4.46. The fourth-order valence-electron chi connectivity index (χ4n) is 1.30. The molecule has 0 saturated carbocycles. The van der Waals surface area contributed by atoms with E-state index in [0.717, 1.165) is 12.3 Å². The molecule has 0 aromatic carbocycles. The number of rotatable bonds is 4. The number of amides is 1. The van der Waals surface area contributed by atoms with Gasteiger partial charge < -0.3 is 9.88 Å². The third kappa shape index (κ3) is 4.52. The first-order valence-corrected chi connectivity index (χ1v) is 6.06. The van der Waals surface area contributed by atoms with Gasteiger partial charge in [0.25, 0.3) is 5.91 Å². The molecule has 0 fully saturated rings. The topological polar surface area (TPSA) is 53.2 Å². The summed E-state index contributed by atoms with van der Waals surface area (Å²) in [4.78, 5) is 25.5. The summed E-state index contributed by atoms with van der Waals surface area (Å²) in [7, 11) is 0. The average molecular weight is 327 g/mol. The molecule has 0 radical (unpaired) electrons. The smallest absolute Gasteiger partial charge is 0.329 e. The number of nitrogens with zero attached hydrogens (tertiary/aromatic N) is 1. The maximum absolute atomic E-state index is 12.3. The summed E-state index contributed by atoms with van der Waals surface area (Å²) in [6.45, 7) is -1.39. The van der Waals surface area contributed by atoms with Crippen molar-refractivity contribution in [3.63, 3.8) is 0 Å². The number of H-pyrrole nitrogens is 1. The van der Waals surface area contributed by atoms with Gasteiger partial charge in [0.1, 0.15) is 6.54 Å². The van der Waals surface area contributed by atoms with E-state index in [1.54, 1.807) is 0 Å². The number of hydrogen-bond acceptors (Lipinski definition) is 2. The summed E-state index contributed by atoms with van der Waals surface area (Å²) in [6.07, 6.45) is -3.36. The molecule has 0 bridgehead atoms. The second-order valence-electron chi connectivity index (χ2n) is 3.47. The van der Waals surface area contributed by atoms with Crippen LogP contribution >= 0.6 is 15.9 Å². The number of nitrogens with one attached hydrogen (secondary N) is 1. The SMILES string of the molecule is O=C(c1ccc(=O)[nH]c1)N(CCBr)CC(F)(F)F. The van der Waals surface area contributed by atoms with Gasteiger partial charge in [-0.2, -0.15) is 13.2 Å². The number of halogens is 4. The number of hydrogen-bond donors (Lipinski definition) is 1. The Labute approximate surface area is 109 Å². The van der Waals surface area contributed by atoms with Gasteiger partial charge in [0.2, 0.25) is 5.56 Å². The molecule has 100 valence electrons. The van der Waals surface area contributed by atoms with Gasteiger partial charge in [-0.3, -0.25) is 9.59 Å². The van der Waals surface area contributed by atoms with E-state index in [2.05, 4.69) is 20.9 Å². The standard InChI is InChI=1S/C10H10BrF3N2O2/c11-3-4-16(6-10(12,13)14)9(18)7-1-2-8(17)15-5-7/h1-2,5H,3-4,6H2,(H,15,17). The van der Waals surface area contributed by atoms with E-state index in [-0.39, 0.29) is 17.4 Å². The quantitative estimate of drug-likeness (QED) is 0.857. The van der Waals surface area contributed by atoms with E-state index in [1.165, 1.54) is 6.07 Å². The maximum atomic E-state index is 12.3. The number of aromatic amines is 1. The number of carbonyl (C=O) groups is 1. The van der Waals surface area contributed by atoms with Gasteiger partial charge >= 0.3 is 6.18 Å². The normalized spacial score (nSPS) is 11.3. The monoisotopic (exact) mass is 326 g/mol. The first-order valence-electron chi connectivity index (χ1n) is 4.94. The van der Waals surface area contributed by atoms with Crippen LogP contribution in [0.5, 0.6) is 0 Å². The Kier molecular flexibility index (Phi) is 4.94. The van der Waals surface area contributed by atoms with Crippen LogP contribution in [0.4, 0.5) is 13.2 Å². The molecule has 1 aromatic heterocycles. The molecule has 1 amide bonds. The molecular formula is C10H10BrF3N2O2. The summed E-state index contributed by atoms with van der Waals surface area (Å²) < 4.78 is 36.9. The Bertz CT molecular complexity index is 452. The summed E-state index contributed by atoms with van der Waals surface area (Å²) >= 11 is 2.99. The van der Waals surface area contributed by atoms with Crippen molar-refractivity contribution in [1.82, 2.24) is 9.88 Å². The number of carbonyl (C=O) groups excluding carboxylic acids is 1. The van der Waals surface area contributed by atoms with E-state index in [9.17, 15) is 22.8 Å². The van der Waals surface area contributed by atoms with Crippen LogP contribution in [0.15, 0.2) is 23.1 Å². The zero-order chi connectivity index (χ0) is 13.8. The van der Waals surface area contributed by atoms with E-state index < -0.39 is 24.2 Å². The van der Waals surface area contributed by atoms with Gasteiger partial charge in [0.15, 0.2) is 0 Å². The van der Waals surface area contributed by atoms with Gasteiger partial charge in [-0.25, -0.2) is 0 Å². The molecule has 0 atom stereocenters. The molecule has 4 nitrogen and oxygen atoms in total. The minimum absolute atomic E-state index is 0.0137.